The van der Waals surface area contributed by atoms with Crippen LogP contribution in [0.5, 0.6) is 0 Å². The number of carbonyl (C=O) groups excluding carboxylic acids is 4. The van der Waals surface area contributed by atoms with E-state index < -0.39 is 46.9 Å². The van der Waals surface area contributed by atoms with Crippen molar-refractivity contribution in [3.05, 3.63) is 12.2 Å². The molecule has 166 valence electrons. The quantitative estimate of drug-likeness (QED) is 0.364. The van der Waals surface area contributed by atoms with Crippen LogP contribution in [-0.2, 0) is 38.1 Å². The second-order valence-electron chi connectivity index (χ2n) is 8.30. The van der Waals surface area contributed by atoms with Gasteiger partial charge in [0.05, 0.1) is 31.7 Å². The summed E-state index contributed by atoms with van der Waals surface area (Å²) in [6, 6.07) is 0. The highest BCUT2D eigenvalue weighted by Crippen LogP contribution is 2.64. The van der Waals surface area contributed by atoms with Gasteiger partial charge in [0, 0.05) is 19.3 Å². The third-order valence-corrected chi connectivity index (χ3v) is 6.89. The van der Waals surface area contributed by atoms with Crippen LogP contribution in [0.4, 0.5) is 0 Å². The number of esters is 3. The van der Waals surface area contributed by atoms with Gasteiger partial charge in [-0.25, -0.2) is 0 Å². The summed E-state index contributed by atoms with van der Waals surface area (Å²) in [4.78, 5) is 51.4. The Morgan fingerprint density at radius 1 is 1.20 bits per heavy atom. The molecule has 0 radical (unpaired) electrons. The van der Waals surface area contributed by atoms with Crippen LogP contribution in [0.1, 0.15) is 47.0 Å². The minimum Gasteiger partial charge on any atom is -0.466 e. The fourth-order valence-corrected chi connectivity index (χ4v) is 5.71. The van der Waals surface area contributed by atoms with Gasteiger partial charge in [-0.2, -0.15) is 0 Å². The Balaban J connectivity index is 2.18. The topological polar surface area (TPSA) is 105 Å². The van der Waals surface area contributed by atoms with Crippen LogP contribution in [0.25, 0.3) is 0 Å². The number of Topliss-reactive ketones (excluding diaryl/α,β-unsaturated/α-hetero) is 1. The van der Waals surface area contributed by atoms with Crippen molar-refractivity contribution in [3.63, 3.8) is 0 Å². The molecule has 1 unspecified atom stereocenters. The number of rotatable bonds is 6. The molecule has 1 spiro atoms. The summed E-state index contributed by atoms with van der Waals surface area (Å²) in [7, 11) is 0. The Labute approximate surface area is 176 Å². The molecule has 1 aliphatic heterocycles. The molecule has 0 N–H and O–H groups in total. The first-order valence-electron chi connectivity index (χ1n) is 10.6. The molecule has 1 saturated heterocycles. The molecule has 0 aromatic rings. The molecule has 8 nitrogen and oxygen atoms in total. The molecule has 3 rings (SSSR count). The average Bonchev–Trinajstić information content (AvgIpc) is 3.04. The average molecular weight is 422 g/mol. The highest BCUT2D eigenvalue weighted by molar-refractivity contribution is 5.93. The highest BCUT2D eigenvalue weighted by Gasteiger charge is 2.73. The molecule has 0 bridgehead atoms. The van der Waals surface area contributed by atoms with Crippen LogP contribution >= 0.6 is 0 Å². The molecule has 2 fully saturated rings. The van der Waals surface area contributed by atoms with Crippen molar-refractivity contribution in [2.75, 3.05) is 19.8 Å². The second-order valence-corrected chi connectivity index (χ2v) is 8.30. The summed E-state index contributed by atoms with van der Waals surface area (Å²) in [5.74, 6) is -3.14. The number of ether oxygens (including phenoxy) is 4. The molecule has 1 heterocycles. The molecule has 6 atom stereocenters. The zero-order valence-electron chi connectivity index (χ0n) is 18.0. The van der Waals surface area contributed by atoms with Gasteiger partial charge >= 0.3 is 17.9 Å². The Morgan fingerprint density at radius 2 is 1.90 bits per heavy atom. The van der Waals surface area contributed by atoms with Gasteiger partial charge in [0.1, 0.15) is 11.2 Å². The van der Waals surface area contributed by atoms with Crippen molar-refractivity contribution in [2.24, 2.45) is 28.6 Å². The lowest BCUT2D eigenvalue weighted by atomic mass is 9.44. The second kappa shape index (κ2) is 8.49. The van der Waals surface area contributed by atoms with Gasteiger partial charge in [-0.15, -0.1) is 0 Å². The summed E-state index contributed by atoms with van der Waals surface area (Å²) >= 11 is 0. The molecule has 0 aromatic carbocycles. The Bertz CT molecular complexity index is 758. The van der Waals surface area contributed by atoms with E-state index in [1.807, 2.05) is 12.2 Å². The number of ketones is 1. The Kier molecular flexibility index (Phi) is 6.36. The lowest BCUT2D eigenvalue weighted by Gasteiger charge is -2.56. The molecule has 8 heteroatoms. The summed E-state index contributed by atoms with van der Waals surface area (Å²) < 4.78 is 21.9. The normalized spacial score (nSPS) is 37.1. The zero-order valence-corrected chi connectivity index (χ0v) is 18.0. The van der Waals surface area contributed by atoms with Crippen molar-refractivity contribution in [3.8, 4) is 0 Å². The van der Waals surface area contributed by atoms with Crippen LogP contribution in [0.3, 0.4) is 0 Å². The van der Waals surface area contributed by atoms with E-state index in [2.05, 4.69) is 0 Å². The van der Waals surface area contributed by atoms with E-state index in [0.29, 0.717) is 6.42 Å². The fraction of sp³-hybridized carbons (Fsp3) is 0.727. The van der Waals surface area contributed by atoms with Gasteiger partial charge in [-0.05, 0) is 32.1 Å². The molecular weight excluding hydrogens is 392 g/mol. The van der Waals surface area contributed by atoms with Gasteiger partial charge < -0.3 is 18.9 Å². The maximum absolute atomic E-state index is 13.5. The van der Waals surface area contributed by atoms with E-state index in [0.717, 1.165) is 0 Å². The van der Waals surface area contributed by atoms with Gasteiger partial charge in [0.2, 0.25) is 6.29 Å². The Morgan fingerprint density at radius 3 is 2.53 bits per heavy atom. The molecule has 2 aliphatic carbocycles. The fourth-order valence-electron chi connectivity index (χ4n) is 5.71. The van der Waals surface area contributed by atoms with Crippen LogP contribution in [0.2, 0.25) is 0 Å². The standard InChI is InChI=1S/C22H30O8/c1-5-27-18(25)11-21(19(26)28-6-2)13(3)10-17(24)22-15(8-7-9-16(21)22)12-29-20(22)30-14(4)23/h7-8,13,15-16,20H,5-6,9-12H2,1-4H3/t13-,15+,16-,20?,21-,22+/m1/s1. The third-order valence-electron chi connectivity index (χ3n) is 6.89. The summed E-state index contributed by atoms with van der Waals surface area (Å²) in [5, 5.41) is 0. The molecule has 0 amide bonds. The maximum atomic E-state index is 13.5. The van der Waals surface area contributed by atoms with E-state index >= 15 is 0 Å². The van der Waals surface area contributed by atoms with E-state index in [-0.39, 0.29) is 44.4 Å². The minimum atomic E-state index is -1.29. The maximum Gasteiger partial charge on any atom is 0.313 e. The van der Waals surface area contributed by atoms with Crippen LogP contribution in [0.15, 0.2) is 12.2 Å². The number of hydrogen-bond acceptors (Lipinski definition) is 8. The summed E-state index contributed by atoms with van der Waals surface area (Å²) in [6.45, 7) is 6.98. The van der Waals surface area contributed by atoms with E-state index in [1.165, 1.54) is 6.92 Å². The third kappa shape index (κ3) is 3.25. The monoisotopic (exact) mass is 422 g/mol. The van der Waals surface area contributed by atoms with Crippen LogP contribution in [-0.4, -0.2) is 49.8 Å². The van der Waals surface area contributed by atoms with Gasteiger partial charge in [-0.1, -0.05) is 19.1 Å². The van der Waals surface area contributed by atoms with Crippen molar-refractivity contribution < 1.29 is 38.1 Å². The van der Waals surface area contributed by atoms with Crippen molar-refractivity contribution in [1.29, 1.82) is 0 Å². The van der Waals surface area contributed by atoms with Crippen molar-refractivity contribution in [2.45, 2.75) is 53.2 Å². The van der Waals surface area contributed by atoms with Gasteiger partial charge in [0.15, 0.2) is 0 Å². The van der Waals surface area contributed by atoms with E-state index in [9.17, 15) is 19.2 Å². The first kappa shape index (κ1) is 22.5. The zero-order chi connectivity index (χ0) is 22.1. The predicted octanol–water partition coefficient (Wildman–Crippen LogP) is 2.20. The van der Waals surface area contributed by atoms with Gasteiger partial charge in [0.25, 0.3) is 0 Å². The molecule has 3 aliphatic rings. The number of allylic oxidation sites excluding steroid dienone is 1. The van der Waals surface area contributed by atoms with Crippen molar-refractivity contribution >= 4 is 23.7 Å². The molecular formula is C22H30O8. The number of carbonyl (C=O) groups is 4. The predicted molar refractivity (Wildman–Crippen MR) is 104 cm³/mol. The molecule has 30 heavy (non-hydrogen) atoms. The lowest BCUT2D eigenvalue weighted by molar-refractivity contribution is -0.218. The SMILES string of the molecule is CCOC(=O)C[C@@]1(C(=O)OCC)[C@H](C)CC(=O)[C@]23C(OC(C)=O)OC[C@@H]2C=CC[C@H]13. The van der Waals surface area contributed by atoms with E-state index in [4.69, 9.17) is 18.9 Å². The smallest absolute Gasteiger partial charge is 0.313 e. The molecule has 0 aromatic heterocycles. The first-order chi connectivity index (χ1) is 14.2. The first-order valence-corrected chi connectivity index (χ1v) is 10.6. The van der Waals surface area contributed by atoms with Crippen molar-refractivity contribution in [1.82, 2.24) is 0 Å². The summed E-state index contributed by atoms with van der Waals surface area (Å²) in [5.41, 5.74) is -2.52. The summed E-state index contributed by atoms with van der Waals surface area (Å²) in [6.07, 6.45) is 2.93. The highest BCUT2D eigenvalue weighted by atomic mass is 16.7. The number of hydrogen-bond donors (Lipinski definition) is 0. The minimum absolute atomic E-state index is 0.0557. The largest absolute Gasteiger partial charge is 0.466 e. The Hall–Kier alpha value is -2.22. The van der Waals surface area contributed by atoms with Gasteiger partial charge in [-0.3, -0.25) is 19.2 Å². The van der Waals surface area contributed by atoms with E-state index in [1.54, 1.807) is 20.8 Å². The lowest BCUT2D eigenvalue weighted by Crippen LogP contribution is -2.65. The van der Waals surface area contributed by atoms with Crippen LogP contribution < -0.4 is 0 Å². The molecule has 1 saturated carbocycles. The van der Waals surface area contributed by atoms with Crippen LogP contribution in [0, 0.1) is 28.6 Å².